The second-order valence-corrected chi connectivity index (χ2v) is 5.87. The Bertz CT molecular complexity index is 428. The normalized spacial score (nSPS) is 20.8. The minimum atomic E-state index is -0.249. The maximum atomic E-state index is 13.7. The summed E-state index contributed by atoms with van der Waals surface area (Å²) in [5, 5.41) is 9.48. The van der Waals surface area contributed by atoms with Crippen molar-refractivity contribution >= 4 is 34.0 Å². The maximum absolute atomic E-state index is 13.7. The van der Waals surface area contributed by atoms with Crippen LogP contribution in [0.3, 0.4) is 0 Å². The van der Waals surface area contributed by atoms with Crippen molar-refractivity contribution in [2.45, 2.75) is 31.7 Å². The zero-order valence-corrected chi connectivity index (χ0v) is 12.4. The number of nitrogen functional groups attached to an aromatic ring is 1. The number of benzene rings is 1. The summed E-state index contributed by atoms with van der Waals surface area (Å²) in [5.74, 6) is -0.249. The molecule has 1 unspecified atom stereocenters. The van der Waals surface area contributed by atoms with Crippen molar-refractivity contribution in [1.82, 2.24) is 0 Å². The summed E-state index contributed by atoms with van der Waals surface area (Å²) in [5.41, 5.74) is 7.30. The van der Waals surface area contributed by atoms with Crippen molar-refractivity contribution < 1.29 is 9.50 Å². The fourth-order valence-electron chi connectivity index (χ4n) is 2.48. The zero-order valence-electron chi connectivity index (χ0n) is 10.2. The van der Waals surface area contributed by atoms with Gasteiger partial charge in [-0.25, -0.2) is 4.39 Å². The molecule has 0 bridgehead atoms. The number of aliphatic hydroxyl groups excluding tert-OH is 1. The molecule has 0 saturated carbocycles. The van der Waals surface area contributed by atoms with Gasteiger partial charge >= 0.3 is 0 Å². The largest absolute Gasteiger partial charge is 0.397 e. The van der Waals surface area contributed by atoms with E-state index in [1.54, 1.807) is 6.07 Å². The van der Waals surface area contributed by atoms with Crippen molar-refractivity contribution in [2.24, 2.45) is 0 Å². The topological polar surface area (TPSA) is 49.5 Å². The van der Waals surface area contributed by atoms with Gasteiger partial charge in [0.2, 0.25) is 0 Å². The molecule has 18 heavy (non-hydrogen) atoms. The summed E-state index contributed by atoms with van der Waals surface area (Å²) < 4.78 is 14.2. The van der Waals surface area contributed by atoms with E-state index in [0.29, 0.717) is 14.9 Å². The molecule has 1 aliphatic rings. The van der Waals surface area contributed by atoms with Gasteiger partial charge in [0.05, 0.1) is 27.6 Å². The van der Waals surface area contributed by atoms with Gasteiger partial charge < -0.3 is 15.7 Å². The first-order valence-corrected chi connectivity index (χ1v) is 7.33. The molecule has 3 N–H and O–H groups in total. The molecule has 5 heteroatoms. The molecule has 0 aromatic heterocycles. The summed E-state index contributed by atoms with van der Waals surface area (Å²) in [6, 6.07) is 3.20. The van der Waals surface area contributed by atoms with Gasteiger partial charge in [0.15, 0.2) is 0 Å². The molecule has 0 spiro atoms. The van der Waals surface area contributed by atoms with Crippen LogP contribution in [0.15, 0.2) is 12.1 Å². The number of nitrogens with two attached hydrogens (primary N) is 1. The number of aliphatic hydroxyl groups is 1. The van der Waals surface area contributed by atoms with Gasteiger partial charge in [0.25, 0.3) is 0 Å². The molecule has 3 nitrogen and oxygen atoms in total. The van der Waals surface area contributed by atoms with Crippen LogP contribution in [-0.4, -0.2) is 24.3 Å². The average molecular weight is 364 g/mol. The molecule has 0 aliphatic carbocycles. The SMILES string of the molecule is Nc1cc(I)c(F)cc1N1CCCCCC1CO. The number of nitrogens with zero attached hydrogens (tertiary/aromatic N) is 1. The van der Waals surface area contributed by atoms with E-state index in [0.717, 1.165) is 32.2 Å². The molecule has 1 fully saturated rings. The summed E-state index contributed by atoms with van der Waals surface area (Å²) >= 11 is 1.94. The highest BCUT2D eigenvalue weighted by atomic mass is 127. The summed E-state index contributed by atoms with van der Waals surface area (Å²) in [6.07, 6.45) is 4.25. The summed E-state index contributed by atoms with van der Waals surface area (Å²) in [6.45, 7) is 0.919. The first-order valence-electron chi connectivity index (χ1n) is 6.25. The number of hydrogen-bond acceptors (Lipinski definition) is 3. The standard InChI is InChI=1S/C13H18FIN2O/c14-10-6-13(12(16)7-11(10)15)17-5-3-1-2-4-9(17)8-18/h6-7,9,18H,1-5,8,16H2. The van der Waals surface area contributed by atoms with E-state index in [-0.39, 0.29) is 18.5 Å². The van der Waals surface area contributed by atoms with Crippen LogP contribution in [0.4, 0.5) is 15.8 Å². The lowest BCUT2D eigenvalue weighted by Crippen LogP contribution is -2.38. The van der Waals surface area contributed by atoms with E-state index in [9.17, 15) is 9.50 Å². The van der Waals surface area contributed by atoms with Gasteiger partial charge in [0, 0.05) is 12.6 Å². The highest BCUT2D eigenvalue weighted by Crippen LogP contribution is 2.31. The lowest BCUT2D eigenvalue weighted by molar-refractivity contribution is 0.255. The molecule has 1 atom stereocenters. The van der Waals surface area contributed by atoms with E-state index in [1.807, 2.05) is 22.6 Å². The first-order chi connectivity index (χ1) is 8.63. The molecule has 1 heterocycles. The molecule has 100 valence electrons. The maximum Gasteiger partial charge on any atom is 0.138 e. The predicted molar refractivity (Wildman–Crippen MR) is 80.2 cm³/mol. The third kappa shape index (κ3) is 2.88. The first kappa shape index (κ1) is 13.9. The van der Waals surface area contributed by atoms with Crippen LogP contribution in [-0.2, 0) is 0 Å². The highest BCUT2D eigenvalue weighted by molar-refractivity contribution is 14.1. The summed E-state index contributed by atoms with van der Waals surface area (Å²) in [7, 11) is 0. The van der Waals surface area contributed by atoms with Gasteiger partial charge in [-0.3, -0.25) is 0 Å². The van der Waals surface area contributed by atoms with Crippen molar-refractivity contribution in [1.29, 1.82) is 0 Å². The third-order valence-electron chi connectivity index (χ3n) is 3.47. The fraction of sp³-hybridized carbons (Fsp3) is 0.538. The van der Waals surface area contributed by atoms with Gasteiger partial charge in [0.1, 0.15) is 5.82 Å². The Hall–Kier alpha value is -0.560. The van der Waals surface area contributed by atoms with Crippen LogP contribution in [0, 0.1) is 9.39 Å². The molecule has 0 radical (unpaired) electrons. The predicted octanol–water partition coefficient (Wildman–Crippen LogP) is 2.75. The van der Waals surface area contributed by atoms with Crippen molar-refractivity contribution in [3.8, 4) is 0 Å². The number of rotatable bonds is 2. The third-order valence-corrected chi connectivity index (χ3v) is 4.29. The van der Waals surface area contributed by atoms with Crippen molar-refractivity contribution in [3.63, 3.8) is 0 Å². The molecular weight excluding hydrogens is 346 g/mol. The monoisotopic (exact) mass is 364 g/mol. The summed E-state index contributed by atoms with van der Waals surface area (Å²) in [4.78, 5) is 2.06. The van der Waals surface area contributed by atoms with E-state index < -0.39 is 0 Å². The van der Waals surface area contributed by atoms with Crippen LogP contribution in [0.25, 0.3) is 0 Å². The highest BCUT2D eigenvalue weighted by Gasteiger charge is 2.23. The lowest BCUT2D eigenvalue weighted by atomic mass is 10.1. The fourth-order valence-corrected chi connectivity index (χ4v) is 2.98. The molecule has 0 amide bonds. The van der Waals surface area contributed by atoms with Gasteiger partial charge in [-0.1, -0.05) is 12.8 Å². The second-order valence-electron chi connectivity index (χ2n) is 4.70. The molecular formula is C13H18FIN2O. The van der Waals surface area contributed by atoms with Crippen LogP contribution >= 0.6 is 22.6 Å². The Balaban J connectivity index is 2.35. The van der Waals surface area contributed by atoms with E-state index in [1.165, 1.54) is 6.07 Å². The number of hydrogen-bond donors (Lipinski definition) is 2. The Morgan fingerprint density at radius 3 is 2.89 bits per heavy atom. The minimum Gasteiger partial charge on any atom is -0.397 e. The van der Waals surface area contributed by atoms with Crippen LogP contribution in [0.1, 0.15) is 25.7 Å². The van der Waals surface area contributed by atoms with E-state index in [4.69, 9.17) is 5.73 Å². The van der Waals surface area contributed by atoms with Gasteiger partial charge in [-0.15, -0.1) is 0 Å². The molecule has 1 saturated heterocycles. The molecule has 1 aromatic carbocycles. The van der Waals surface area contributed by atoms with Gasteiger partial charge in [-0.2, -0.15) is 0 Å². The van der Waals surface area contributed by atoms with Gasteiger partial charge in [-0.05, 0) is 41.5 Å². The molecule has 2 rings (SSSR count). The van der Waals surface area contributed by atoms with E-state index >= 15 is 0 Å². The molecule has 1 aliphatic heterocycles. The molecule has 1 aromatic rings. The van der Waals surface area contributed by atoms with Crippen LogP contribution in [0.5, 0.6) is 0 Å². The second kappa shape index (κ2) is 6.06. The Morgan fingerprint density at radius 2 is 2.17 bits per heavy atom. The number of halogens is 2. The van der Waals surface area contributed by atoms with E-state index in [2.05, 4.69) is 4.90 Å². The van der Waals surface area contributed by atoms with Crippen molar-refractivity contribution in [2.75, 3.05) is 23.8 Å². The number of anilines is 2. The van der Waals surface area contributed by atoms with Crippen LogP contribution < -0.4 is 10.6 Å². The Labute approximate surface area is 120 Å². The van der Waals surface area contributed by atoms with Crippen LogP contribution in [0.2, 0.25) is 0 Å². The zero-order chi connectivity index (χ0) is 13.1. The quantitative estimate of drug-likeness (QED) is 0.627. The smallest absolute Gasteiger partial charge is 0.138 e. The average Bonchev–Trinajstić information content (AvgIpc) is 2.58. The van der Waals surface area contributed by atoms with Crippen molar-refractivity contribution in [3.05, 3.63) is 21.5 Å². The lowest BCUT2D eigenvalue weighted by Gasteiger charge is -2.32. The Morgan fingerprint density at radius 1 is 1.39 bits per heavy atom. The minimum absolute atomic E-state index is 0.0502. The Kier molecular flexibility index (Phi) is 4.66.